The molecule has 3 rings (SSSR count). The zero-order valence-electron chi connectivity index (χ0n) is 10.2. The molecule has 0 aromatic heterocycles. The smallest absolute Gasteiger partial charge is 0.257 e. The third-order valence-corrected chi connectivity index (χ3v) is 4.40. The van der Waals surface area contributed by atoms with E-state index in [2.05, 4.69) is 10.6 Å². The molecule has 0 saturated carbocycles. The van der Waals surface area contributed by atoms with Gasteiger partial charge in [0.25, 0.3) is 5.91 Å². The molecule has 0 unspecified atom stereocenters. The number of halogens is 2. The average molecular weight is 325 g/mol. The van der Waals surface area contributed by atoms with Gasteiger partial charge in [-0.3, -0.25) is 4.79 Å². The van der Waals surface area contributed by atoms with Gasteiger partial charge in [-0.1, -0.05) is 47.1 Å². The van der Waals surface area contributed by atoms with Crippen LogP contribution in [0.25, 0.3) is 0 Å². The molecule has 20 heavy (non-hydrogen) atoms. The molecule has 2 aromatic carbocycles. The maximum absolute atomic E-state index is 12.1. The van der Waals surface area contributed by atoms with E-state index < -0.39 is 5.37 Å². The standard InChI is InChI=1S/C14H10Cl2N2OS/c15-8-5-9(16)7-10(6-8)17-14-13(19)18-11-3-1-2-4-12(11)20-14/h1-7,14,17H,(H,18,19)/t14-/m0/s1. The van der Waals surface area contributed by atoms with Gasteiger partial charge in [0.1, 0.15) is 0 Å². The first-order valence-corrected chi connectivity index (χ1v) is 7.54. The van der Waals surface area contributed by atoms with Gasteiger partial charge >= 0.3 is 0 Å². The van der Waals surface area contributed by atoms with Gasteiger partial charge in [0, 0.05) is 20.6 Å². The van der Waals surface area contributed by atoms with Gasteiger partial charge in [-0.15, -0.1) is 0 Å². The molecular weight excluding hydrogens is 315 g/mol. The minimum atomic E-state index is -0.417. The second-order valence-corrected chi connectivity index (χ2v) is 6.31. The summed E-state index contributed by atoms with van der Waals surface area (Å²) in [6.45, 7) is 0. The van der Waals surface area contributed by atoms with Crippen LogP contribution < -0.4 is 10.6 Å². The minimum absolute atomic E-state index is 0.0928. The third-order valence-electron chi connectivity index (χ3n) is 2.79. The normalized spacial score (nSPS) is 17.3. The number of hydrogen-bond acceptors (Lipinski definition) is 3. The molecular formula is C14H10Cl2N2OS. The van der Waals surface area contributed by atoms with Gasteiger partial charge < -0.3 is 10.6 Å². The van der Waals surface area contributed by atoms with Crippen molar-refractivity contribution in [1.82, 2.24) is 0 Å². The van der Waals surface area contributed by atoms with Crippen molar-refractivity contribution in [2.45, 2.75) is 10.3 Å². The van der Waals surface area contributed by atoms with E-state index >= 15 is 0 Å². The van der Waals surface area contributed by atoms with Crippen molar-refractivity contribution >= 4 is 52.2 Å². The van der Waals surface area contributed by atoms with Gasteiger partial charge in [0.05, 0.1) is 5.69 Å². The number of nitrogens with one attached hydrogen (secondary N) is 2. The van der Waals surface area contributed by atoms with E-state index in [1.807, 2.05) is 24.3 Å². The molecule has 2 N–H and O–H groups in total. The van der Waals surface area contributed by atoms with E-state index in [9.17, 15) is 4.79 Å². The van der Waals surface area contributed by atoms with Crippen LogP contribution in [-0.4, -0.2) is 11.3 Å². The van der Waals surface area contributed by atoms with Crippen LogP contribution in [0, 0.1) is 0 Å². The molecule has 0 fully saturated rings. The number of rotatable bonds is 2. The fourth-order valence-corrected chi connectivity index (χ4v) is 3.48. The fourth-order valence-electron chi connectivity index (χ4n) is 1.93. The van der Waals surface area contributed by atoms with E-state index in [0.29, 0.717) is 10.0 Å². The molecule has 6 heteroatoms. The molecule has 1 atom stereocenters. The van der Waals surface area contributed by atoms with Crippen LogP contribution in [0.15, 0.2) is 47.4 Å². The van der Waals surface area contributed by atoms with Gasteiger partial charge in [-0.05, 0) is 30.3 Å². The van der Waals surface area contributed by atoms with E-state index in [-0.39, 0.29) is 5.91 Å². The quantitative estimate of drug-likeness (QED) is 0.855. The summed E-state index contributed by atoms with van der Waals surface area (Å²) in [7, 11) is 0. The highest BCUT2D eigenvalue weighted by molar-refractivity contribution is 8.01. The summed E-state index contributed by atoms with van der Waals surface area (Å²) in [5.74, 6) is -0.0928. The Morgan fingerprint density at radius 3 is 2.55 bits per heavy atom. The first-order chi connectivity index (χ1) is 9.61. The lowest BCUT2D eigenvalue weighted by molar-refractivity contribution is -0.115. The number of anilines is 2. The number of amides is 1. The van der Waals surface area contributed by atoms with Gasteiger partial charge in [0.15, 0.2) is 5.37 Å². The zero-order valence-corrected chi connectivity index (χ0v) is 12.5. The lowest BCUT2D eigenvalue weighted by atomic mass is 10.3. The second-order valence-electron chi connectivity index (χ2n) is 4.29. The number of carbonyl (C=O) groups excluding carboxylic acids is 1. The molecule has 0 radical (unpaired) electrons. The molecule has 1 aliphatic rings. The van der Waals surface area contributed by atoms with Crippen molar-refractivity contribution < 1.29 is 4.79 Å². The monoisotopic (exact) mass is 324 g/mol. The molecule has 1 amide bonds. The highest BCUT2D eigenvalue weighted by Crippen LogP contribution is 2.36. The molecule has 1 aliphatic heterocycles. The summed E-state index contributed by atoms with van der Waals surface area (Å²) in [5.41, 5.74) is 1.55. The van der Waals surface area contributed by atoms with Gasteiger partial charge in [-0.25, -0.2) is 0 Å². The Bertz CT molecular complexity index is 658. The van der Waals surface area contributed by atoms with Crippen molar-refractivity contribution in [1.29, 1.82) is 0 Å². The highest BCUT2D eigenvalue weighted by atomic mass is 35.5. The summed E-state index contributed by atoms with van der Waals surface area (Å²) in [4.78, 5) is 13.1. The van der Waals surface area contributed by atoms with Crippen molar-refractivity contribution in [2.75, 3.05) is 10.6 Å². The summed E-state index contributed by atoms with van der Waals surface area (Å²) in [6, 6.07) is 12.8. The Morgan fingerprint density at radius 1 is 1.10 bits per heavy atom. The molecule has 102 valence electrons. The van der Waals surface area contributed by atoms with Crippen molar-refractivity contribution in [3.63, 3.8) is 0 Å². The third kappa shape index (κ3) is 2.87. The van der Waals surface area contributed by atoms with Crippen LogP contribution in [0.1, 0.15) is 0 Å². The van der Waals surface area contributed by atoms with Crippen molar-refractivity contribution in [2.24, 2.45) is 0 Å². The number of benzene rings is 2. The second kappa shape index (κ2) is 5.56. The summed E-state index contributed by atoms with van der Waals surface area (Å²) in [6.07, 6.45) is 0. The lowest BCUT2D eigenvalue weighted by Crippen LogP contribution is -2.34. The van der Waals surface area contributed by atoms with Crippen LogP contribution in [0.4, 0.5) is 11.4 Å². The van der Waals surface area contributed by atoms with E-state index in [1.54, 1.807) is 18.2 Å². The Hall–Kier alpha value is -1.36. The van der Waals surface area contributed by atoms with Gasteiger partial charge in [0.2, 0.25) is 0 Å². The lowest BCUT2D eigenvalue weighted by Gasteiger charge is -2.25. The van der Waals surface area contributed by atoms with Crippen molar-refractivity contribution in [3.8, 4) is 0 Å². The Kier molecular flexibility index (Phi) is 3.78. The first kappa shape index (κ1) is 13.6. The van der Waals surface area contributed by atoms with Crippen molar-refractivity contribution in [3.05, 3.63) is 52.5 Å². The SMILES string of the molecule is O=C1Nc2ccccc2S[C@@H]1Nc1cc(Cl)cc(Cl)c1. The van der Waals surface area contributed by atoms with Crippen LogP contribution in [-0.2, 0) is 4.79 Å². The average Bonchev–Trinajstić information content (AvgIpc) is 2.38. The van der Waals surface area contributed by atoms with Crippen LogP contribution in [0.5, 0.6) is 0 Å². The number of carbonyl (C=O) groups is 1. The predicted octanol–water partition coefficient (Wildman–Crippen LogP) is 4.48. The summed E-state index contributed by atoms with van der Waals surface area (Å²) < 4.78 is 0. The maximum atomic E-state index is 12.1. The predicted molar refractivity (Wildman–Crippen MR) is 84.8 cm³/mol. The molecule has 0 spiro atoms. The molecule has 0 aliphatic carbocycles. The minimum Gasteiger partial charge on any atom is -0.365 e. The first-order valence-electron chi connectivity index (χ1n) is 5.91. The number of para-hydroxylation sites is 1. The van der Waals surface area contributed by atoms with E-state index in [4.69, 9.17) is 23.2 Å². The summed E-state index contributed by atoms with van der Waals surface area (Å²) in [5, 5.41) is 6.65. The molecule has 0 saturated heterocycles. The number of fused-ring (bicyclic) bond motifs is 1. The summed E-state index contributed by atoms with van der Waals surface area (Å²) >= 11 is 13.4. The van der Waals surface area contributed by atoms with E-state index in [1.165, 1.54) is 11.8 Å². The molecule has 0 bridgehead atoms. The fraction of sp³-hybridized carbons (Fsp3) is 0.0714. The Balaban J connectivity index is 1.83. The van der Waals surface area contributed by atoms with Crippen LogP contribution in [0.3, 0.4) is 0 Å². The largest absolute Gasteiger partial charge is 0.365 e. The van der Waals surface area contributed by atoms with Gasteiger partial charge in [-0.2, -0.15) is 0 Å². The number of hydrogen-bond donors (Lipinski definition) is 2. The highest BCUT2D eigenvalue weighted by Gasteiger charge is 2.26. The molecule has 2 aromatic rings. The maximum Gasteiger partial charge on any atom is 0.257 e. The Morgan fingerprint density at radius 2 is 1.80 bits per heavy atom. The van der Waals surface area contributed by atoms with Crippen LogP contribution >= 0.6 is 35.0 Å². The Labute approximate surface area is 130 Å². The van der Waals surface area contributed by atoms with Crippen LogP contribution in [0.2, 0.25) is 10.0 Å². The molecule has 3 nitrogen and oxygen atoms in total. The molecule has 1 heterocycles. The number of thioether (sulfide) groups is 1. The topological polar surface area (TPSA) is 41.1 Å². The zero-order chi connectivity index (χ0) is 14.1. The van der Waals surface area contributed by atoms with E-state index in [0.717, 1.165) is 16.3 Å².